The van der Waals surface area contributed by atoms with Gasteiger partial charge in [0.1, 0.15) is 0 Å². The number of ether oxygens (including phenoxy) is 2. The highest BCUT2D eigenvalue weighted by Crippen LogP contribution is 2.38. The van der Waals surface area contributed by atoms with Crippen LogP contribution in [-0.4, -0.2) is 46.0 Å². The lowest BCUT2D eigenvalue weighted by molar-refractivity contribution is -0.386. The molecular formula is C18H25N5O4S. The first-order valence-corrected chi connectivity index (χ1v) is 10.2. The molecule has 0 spiro atoms. The van der Waals surface area contributed by atoms with E-state index in [-0.39, 0.29) is 17.4 Å². The summed E-state index contributed by atoms with van der Waals surface area (Å²) in [6.07, 6.45) is 5.14. The van der Waals surface area contributed by atoms with Gasteiger partial charge < -0.3 is 9.47 Å². The quantitative estimate of drug-likeness (QED) is 0.192. The number of unbranched alkanes of at least 4 members (excludes halogenated alkanes) is 1. The smallest absolute Gasteiger partial charge is 0.315 e. The van der Waals surface area contributed by atoms with Crippen molar-refractivity contribution in [2.45, 2.75) is 44.7 Å². The molecule has 0 radical (unpaired) electrons. The zero-order valence-electron chi connectivity index (χ0n) is 16.7. The summed E-state index contributed by atoms with van der Waals surface area (Å²) in [6, 6.07) is 3.08. The average Bonchev–Trinajstić information content (AvgIpc) is 3.09. The van der Waals surface area contributed by atoms with Gasteiger partial charge in [0.05, 0.1) is 24.9 Å². The van der Waals surface area contributed by atoms with Gasteiger partial charge in [0, 0.05) is 17.5 Å². The Hall–Kier alpha value is -2.62. The third-order valence-corrected chi connectivity index (χ3v) is 4.50. The minimum atomic E-state index is -0.479. The van der Waals surface area contributed by atoms with Crippen molar-refractivity contribution in [1.82, 2.24) is 14.9 Å². The van der Waals surface area contributed by atoms with Gasteiger partial charge in [-0.1, -0.05) is 39.0 Å². The molecular weight excluding hydrogens is 382 g/mol. The van der Waals surface area contributed by atoms with Gasteiger partial charge >= 0.3 is 5.69 Å². The van der Waals surface area contributed by atoms with Crippen molar-refractivity contribution in [2.24, 2.45) is 5.10 Å². The van der Waals surface area contributed by atoms with E-state index in [2.05, 4.69) is 15.3 Å². The number of hydrogen-bond donors (Lipinski definition) is 0. The van der Waals surface area contributed by atoms with Crippen LogP contribution in [0.2, 0.25) is 0 Å². The van der Waals surface area contributed by atoms with Crippen molar-refractivity contribution in [3.05, 3.63) is 33.6 Å². The minimum absolute atomic E-state index is 0.128. The Bertz CT molecular complexity index is 851. The van der Waals surface area contributed by atoms with Crippen LogP contribution in [0, 0.1) is 10.1 Å². The maximum Gasteiger partial charge on any atom is 0.315 e. The normalized spacial score (nSPS) is 11.4. The van der Waals surface area contributed by atoms with Gasteiger partial charge in [-0.2, -0.15) is 9.78 Å². The Morgan fingerprint density at radius 2 is 2.14 bits per heavy atom. The second kappa shape index (κ2) is 10.1. The lowest BCUT2D eigenvalue weighted by atomic mass is 10.2. The standard InChI is InChI=1S/C18H25N5O4S/c1-6-7-8-27-16-14(23(24)25)9-13(10-15(16)26-4)11-19-22-17(12(2)3)20-21-18(22)28-5/h9-12H,6-8H2,1-5H3/b19-11-. The molecule has 0 unspecified atom stereocenters. The number of methoxy groups -OCH3 is 1. The van der Waals surface area contributed by atoms with Crippen molar-refractivity contribution < 1.29 is 14.4 Å². The highest BCUT2D eigenvalue weighted by molar-refractivity contribution is 7.98. The van der Waals surface area contributed by atoms with Gasteiger partial charge in [-0.15, -0.1) is 10.2 Å². The molecule has 0 fully saturated rings. The molecule has 152 valence electrons. The number of rotatable bonds is 10. The molecule has 0 bridgehead atoms. The van der Waals surface area contributed by atoms with E-state index in [9.17, 15) is 10.1 Å². The van der Waals surface area contributed by atoms with E-state index >= 15 is 0 Å². The first kappa shape index (κ1) is 21.7. The van der Waals surface area contributed by atoms with E-state index in [4.69, 9.17) is 9.47 Å². The van der Waals surface area contributed by atoms with Crippen LogP contribution in [0.25, 0.3) is 0 Å². The number of nitro benzene ring substituents is 1. The molecule has 1 heterocycles. The molecule has 0 aliphatic carbocycles. The van der Waals surface area contributed by atoms with Crippen LogP contribution in [0.15, 0.2) is 22.4 Å². The van der Waals surface area contributed by atoms with Gasteiger partial charge in [0.2, 0.25) is 10.9 Å². The minimum Gasteiger partial charge on any atom is -0.493 e. The second-order valence-electron chi connectivity index (χ2n) is 6.29. The molecule has 9 nitrogen and oxygen atoms in total. The van der Waals surface area contributed by atoms with Crippen molar-refractivity contribution in [3.63, 3.8) is 0 Å². The van der Waals surface area contributed by atoms with Crippen LogP contribution >= 0.6 is 11.8 Å². The number of benzene rings is 1. The summed E-state index contributed by atoms with van der Waals surface area (Å²) in [6.45, 7) is 6.40. The Morgan fingerprint density at radius 3 is 2.71 bits per heavy atom. The maximum absolute atomic E-state index is 11.5. The SMILES string of the molecule is CCCCOc1c(OC)cc(/C=N\n2c(SC)nnc2C(C)C)cc1[N+](=O)[O-]. The summed E-state index contributed by atoms with van der Waals surface area (Å²) < 4.78 is 12.6. The molecule has 0 saturated carbocycles. The summed E-state index contributed by atoms with van der Waals surface area (Å²) in [5.74, 6) is 1.27. The molecule has 10 heteroatoms. The zero-order chi connectivity index (χ0) is 20.7. The monoisotopic (exact) mass is 407 g/mol. The van der Waals surface area contributed by atoms with Crippen LogP contribution in [0.5, 0.6) is 11.5 Å². The second-order valence-corrected chi connectivity index (χ2v) is 7.06. The molecule has 0 aliphatic rings. The summed E-state index contributed by atoms with van der Waals surface area (Å²) in [5, 5.41) is 24.9. The van der Waals surface area contributed by atoms with E-state index in [0.29, 0.717) is 28.9 Å². The fourth-order valence-electron chi connectivity index (χ4n) is 2.43. The first-order valence-electron chi connectivity index (χ1n) is 8.95. The van der Waals surface area contributed by atoms with E-state index in [1.165, 1.54) is 31.2 Å². The van der Waals surface area contributed by atoms with E-state index in [0.717, 1.165) is 12.8 Å². The third-order valence-electron chi connectivity index (χ3n) is 3.88. The molecule has 28 heavy (non-hydrogen) atoms. The average molecular weight is 407 g/mol. The predicted octanol–water partition coefficient (Wildman–Crippen LogP) is 4.10. The van der Waals surface area contributed by atoms with Crippen LogP contribution in [-0.2, 0) is 0 Å². The lowest BCUT2D eigenvalue weighted by Gasteiger charge is -2.11. The molecule has 0 N–H and O–H groups in total. The third kappa shape index (κ3) is 5.00. The lowest BCUT2D eigenvalue weighted by Crippen LogP contribution is -2.04. The molecule has 0 aliphatic heterocycles. The molecule has 1 aromatic heterocycles. The Kier molecular flexibility index (Phi) is 7.80. The summed E-state index contributed by atoms with van der Waals surface area (Å²) in [7, 11) is 1.45. The highest BCUT2D eigenvalue weighted by Gasteiger charge is 2.22. The number of thioether (sulfide) groups is 1. The Morgan fingerprint density at radius 1 is 1.39 bits per heavy atom. The largest absolute Gasteiger partial charge is 0.493 e. The van der Waals surface area contributed by atoms with Crippen molar-refractivity contribution in [3.8, 4) is 11.5 Å². The molecule has 0 atom stereocenters. The molecule has 2 aromatic rings. The van der Waals surface area contributed by atoms with Crippen LogP contribution in [0.4, 0.5) is 5.69 Å². The van der Waals surface area contributed by atoms with Crippen molar-refractivity contribution in [1.29, 1.82) is 0 Å². The number of nitro groups is 1. The highest BCUT2D eigenvalue weighted by atomic mass is 32.2. The number of nitrogens with zero attached hydrogens (tertiary/aromatic N) is 5. The van der Waals surface area contributed by atoms with Gasteiger partial charge in [-0.05, 0) is 18.7 Å². The predicted molar refractivity (Wildman–Crippen MR) is 109 cm³/mol. The Labute approximate surface area is 168 Å². The molecule has 2 rings (SSSR count). The topological polar surface area (TPSA) is 105 Å². The summed E-state index contributed by atoms with van der Waals surface area (Å²) in [5.41, 5.74) is 0.358. The van der Waals surface area contributed by atoms with Gasteiger partial charge in [-0.25, -0.2) is 0 Å². The maximum atomic E-state index is 11.5. The summed E-state index contributed by atoms with van der Waals surface area (Å²) >= 11 is 1.42. The van der Waals surface area contributed by atoms with Crippen LogP contribution in [0.3, 0.4) is 0 Å². The van der Waals surface area contributed by atoms with E-state index < -0.39 is 4.92 Å². The number of hydrogen-bond acceptors (Lipinski definition) is 8. The molecule has 1 aromatic carbocycles. The van der Waals surface area contributed by atoms with Crippen molar-refractivity contribution in [2.75, 3.05) is 20.0 Å². The molecule has 0 saturated heterocycles. The van der Waals surface area contributed by atoms with Gasteiger partial charge in [0.15, 0.2) is 11.6 Å². The zero-order valence-corrected chi connectivity index (χ0v) is 17.5. The van der Waals surface area contributed by atoms with Gasteiger partial charge in [0.25, 0.3) is 0 Å². The van der Waals surface area contributed by atoms with Crippen LogP contribution in [0.1, 0.15) is 50.9 Å². The van der Waals surface area contributed by atoms with Crippen LogP contribution < -0.4 is 9.47 Å². The first-order chi connectivity index (χ1) is 13.4. The fourth-order valence-corrected chi connectivity index (χ4v) is 2.87. The fraction of sp³-hybridized carbons (Fsp3) is 0.500. The van der Waals surface area contributed by atoms with Gasteiger partial charge in [-0.3, -0.25) is 10.1 Å². The molecule has 0 amide bonds. The van der Waals surface area contributed by atoms with E-state index in [1.807, 2.05) is 27.0 Å². The Balaban J connectivity index is 2.44. The van der Waals surface area contributed by atoms with Crippen molar-refractivity contribution >= 4 is 23.7 Å². The summed E-state index contributed by atoms with van der Waals surface area (Å²) in [4.78, 5) is 11.1. The number of aromatic nitrogens is 3. The van der Waals surface area contributed by atoms with E-state index in [1.54, 1.807) is 10.7 Å².